The van der Waals surface area contributed by atoms with E-state index in [1.165, 1.54) is 0 Å². The molecule has 2 aliphatic rings. The topological polar surface area (TPSA) is 60.9 Å². The number of hydrogen-bond acceptors (Lipinski definition) is 3. The van der Waals surface area contributed by atoms with E-state index in [1.54, 1.807) is 4.90 Å². The lowest BCUT2D eigenvalue weighted by Crippen LogP contribution is -2.42. The molecule has 0 spiro atoms. The molecule has 1 N–H and O–H groups in total. The Kier molecular flexibility index (Phi) is 3.66. The fourth-order valence-electron chi connectivity index (χ4n) is 2.88. The Labute approximate surface area is 101 Å². The van der Waals surface area contributed by atoms with E-state index in [0.29, 0.717) is 25.4 Å². The van der Waals surface area contributed by atoms with Crippen molar-refractivity contribution >= 4 is 11.9 Å². The Hall–Kier alpha value is -1.10. The molecule has 2 saturated heterocycles. The number of rotatable bonds is 3. The van der Waals surface area contributed by atoms with Crippen LogP contribution in [-0.2, 0) is 9.59 Å². The van der Waals surface area contributed by atoms with E-state index < -0.39 is 12.0 Å². The lowest BCUT2D eigenvalue weighted by atomic mass is 10.1. The summed E-state index contributed by atoms with van der Waals surface area (Å²) in [6, 6.07) is -0.285. The van der Waals surface area contributed by atoms with Crippen molar-refractivity contribution in [3.63, 3.8) is 0 Å². The molecule has 5 heteroatoms. The third-order valence-electron chi connectivity index (χ3n) is 3.94. The van der Waals surface area contributed by atoms with Crippen molar-refractivity contribution in [2.45, 2.75) is 44.2 Å². The minimum Gasteiger partial charge on any atom is -0.480 e. The Morgan fingerprint density at radius 3 is 2.53 bits per heavy atom. The van der Waals surface area contributed by atoms with Gasteiger partial charge in [-0.05, 0) is 39.3 Å². The van der Waals surface area contributed by atoms with Crippen LogP contribution in [0.5, 0.6) is 0 Å². The first-order valence-corrected chi connectivity index (χ1v) is 6.32. The molecule has 2 fully saturated rings. The number of carbonyl (C=O) groups is 2. The first kappa shape index (κ1) is 12.4. The van der Waals surface area contributed by atoms with E-state index in [9.17, 15) is 9.59 Å². The molecule has 0 aromatic carbocycles. The Bertz CT molecular complexity index is 319. The third kappa shape index (κ3) is 2.60. The van der Waals surface area contributed by atoms with Gasteiger partial charge in [0.2, 0.25) is 5.91 Å². The number of carbonyl (C=O) groups excluding carboxylic acids is 1. The maximum absolute atomic E-state index is 12.1. The van der Waals surface area contributed by atoms with Crippen molar-refractivity contribution in [2.75, 3.05) is 20.1 Å². The second kappa shape index (κ2) is 5.04. The van der Waals surface area contributed by atoms with Gasteiger partial charge < -0.3 is 14.9 Å². The van der Waals surface area contributed by atoms with Crippen molar-refractivity contribution in [2.24, 2.45) is 0 Å². The van der Waals surface area contributed by atoms with E-state index in [0.717, 1.165) is 25.8 Å². The Morgan fingerprint density at radius 2 is 1.94 bits per heavy atom. The van der Waals surface area contributed by atoms with Gasteiger partial charge in [-0.25, -0.2) is 4.79 Å². The first-order valence-electron chi connectivity index (χ1n) is 6.32. The van der Waals surface area contributed by atoms with E-state index in [2.05, 4.69) is 4.90 Å². The van der Waals surface area contributed by atoms with Gasteiger partial charge >= 0.3 is 5.97 Å². The first-order chi connectivity index (χ1) is 8.09. The fourth-order valence-corrected chi connectivity index (χ4v) is 2.88. The van der Waals surface area contributed by atoms with Crippen LogP contribution >= 0.6 is 0 Å². The maximum Gasteiger partial charge on any atom is 0.326 e. The summed E-state index contributed by atoms with van der Waals surface area (Å²) in [7, 11) is 2.03. The number of amides is 1. The summed E-state index contributed by atoms with van der Waals surface area (Å²) in [5.74, 6) is -0.857. The van der Waals surface area contributed by atoms with Gasteiger partial charge in [0.1, 0.15) is 6.04 Å². The molecular formula is C12H20N2O3. The smallest absolute Gasteiger partial charge is 0.326 e. The monoisotopic (exact) mass is 240 g/mol. The highest BCUT2D eigenvalue weighted by Crippen LogP contribution is 2.23. The van der Waals surface area contributed by atoms with Gasteiger partial charge in [0.05, 0.1) is 0 Å². The summed E-state index contributed by atoms with van der Waals surface area (Å²) in [6.45, 7) is 1.65. The van der Waals surface area contributed by atoms with Crippen LogP contribution in [0.1, 0.15) is 32.1 Å². The van der Waals surface area contributed by atoms with Gasteiger partial charge in [-0.1, -0.05) is 0 Å². The largest absolute Gasteiger partial charge is 0.480 e. The summed E-state index contributed by atoms with van der Waals surface area (Å²) in [6.07, 6.45) is 4.07. The SMILES string of the molecule is CN1CCCC1CC(=O)N1CCC[C@H]1C(=O)O. The lowest BCUT2D eigenvalue weighted by molar-refractivity contribution is -0.148. The lowest BCUT2D eigenvalue weighted by Gasteiger charge is -2.25. The quantitative estimate of drug-likeness (QED) is 0.782. The van der Waals surface area contributed by atoms with Crippen LogP contribution in [0, 0.1) is 0 Å². The van der Waals surface area contributed by atoms with Gasteiger partial charge in [0.15, 0.2) is 0 Å². The third-order valence-corrected chi connectivity index (χ3v) is 3.94. The van der Waals surface area contributed by atoms with Crippen LogP contribution in [0.4, 0.5) is 0 Å². The number of carboxylic acid groups (broad SMARTS) is 1. The molecule has 0 bridgehead atoms. The molecule has 0 aromatic heterocycles. The Balaban J connectivity index is 1.93. The van der Waals surface area contributed by atoms with E-state index >= 15 is 0 Å². The van der Waals surface area contributed by atoms with Crippen LogP contribution in [0.3, 0.4) is 0 Å². The number of nitrogens with zero attached hydrogens (tertiary/aromatic N) is 2. The molecule has 5 nitrogen and oxygen atoms in total. The summed E-state index contributed by atoms with van der Waals surface area (Å²) in [5.41, 5.74) is 0. The van der Waals surface area contributed by atoms with E-state index in [-0.39, 0.29) is 5.91 Å². The second-order valence-corrected chi connectivity index (χ2v) is 5.06. The second-order valence-electron chi connectivity index (χ2n) is 5.06. The van der Waals surface area contributed by atoms with Crippen LogP contribution < -0.4 is 0 Å². The zero-order valence-electron chi connectivity index (χ0n) is 10.3. The average Bonchev–Trinajstić information content (AvgIpc) is 2.87. The minimum absolute atomic E-state index is 0.00801. The van der Waals surface area contributed by atoms with Crippen molar-refractivity contribution < 1.29 is 14.7 Å². The highest BCUT2D eigenvalue weighted by Gasteiger charge is 2.35. The van der Waals surface area contributed by atoms with Crippen molar-refractivity contribution in [3.8, 4) is 0 Å². The summed E-state index contributed by atoms with van der Waals surface area (Å²) in [5, 5.41) is 9.04. The molecule has 2 rings (SSSR count). The van der Waals surface area contributed by atoms with Crippen LogP contribution in [-0.4, -0.2) is 59.0 Å². The number of carboxylic acids is 1. The van der Waals surface area contributed by atoms with E-state index in [4.69, 9.17) is 5.11 Å². The summed E-state index contributed by atoms with van der Waals surface area (Å²) in [4.78, 5) is 26.9. The van der Waals surface area contributed by atoms with Crippen molar-refractivity contribution in [3.05, 3.63) is 0 Å². The molecular weight excluding hydrogens is 220 g/mol. The molecule has 0 aromatic rings. The van der Waals surface area contributed by atoms with Gasteiger partial charge in [0, 0.05) is 19.0 Å². The molecule has 0 radical (unpaired) electrons. The molecule has 2 aliphatic heterocycles. The maximum atomic E-state index is 12.1. The molecule has 0 saturated carbocycles. The van der Waals surface area contributed by atoms with Crippen LogP contribution in [0.15, 0.2) is 0 Å². The van der Waals surface area contributed by atoms with E-state index in [1.807, 2.05) is 7.05 Å². The van der Waals surface area contributed by atoms with Gasteiger partial charge in [-0.2, -0.15) is 0 Å². The van der Waals surface area contributed by atoms with Gasteiger partial charge in [-0.15, -0.1) is 0 Å². The number of aliphatic carboxylic acids is 1. The average molecular weight is 240 g/mol. The fraction of sp³-hybridized carbons (Fsp3) is 0.833. The highest BCUT2D eigenvalue weighted by atomic mass is 16.4. The van der Waals surface area contributed by atoms with Crippen molar-refractivity contribution in [1.29, 1.82) is 0 Å². The number of hydrogen-bond donors (Lipinski definition) is 1. The Morgan fingerprint density at radius 1 is 1.24 bits per heavy atom. The zero-order valence-corrected chi connectivity index (χ0v) is 10.3. The molecule has 0 aliphatic carbocycles. The molecule has 2 atom stereocenters. The minimum atomic E-state index is -0.865. The molecule has 96 valence electrons. The predicted molar refractivity (Wildman–Crippen MR) is 62.6 cm³/mol. The molecule has 17 heavy (non-hydrogen) atoms. The van der Waals surface area contributed by atoms with Crippen LogP contribution in [0.2, 0.25) is 0 Å². The summed E-state index contributed by atoms with van der Waals surface area (Å²) < 4.78 is 0. The van der Waals surface area contributed by atoms with Gasteiger partial charge in [0.25, 0.3) is 0 Å². The van der Waals surface area contributed by atoms with Crippen LogP contribution in [0.25, 0.3) is 0 Å². The molecule has 2 heterocycles. The van der Waals surface area contributed by atoms with Crippen molar-refractivity contribution in [1.82, 2.24) is 9.80 Å². The zero-order chi connectivity index (χ0) is 12.4. The predicted octanol–water partition coefficient (Wildman–Crippen LogP) is 0.546. The van der Waals surface area contributed by atoms with Gasteiger partial charge in [-0.3, -0.25) is 4.79 Å². The standard InChI is InChI=1S/C12H20N2O3/c1-13-6-2-4-9(13)8-11(15)14-7-3-5-10(14)12(16)17/h9-10H,2-8H2,1H3,(H,16,17)/t9?,10-/m0/s1. The molecule has 1 amide bonds. The summed E-state index contributed by atoms with van der Waals surface area (Å²) >= 11 is 0. The highest BCUT2D eigenvalue weighted by molar-refractivity contribution is 5.84. The normalized spacial score (nSPS) is 29.8. The number of likely N-dealkylation sites (tertiary alicyclic amines) is 2. The molecule has 1 unspecified atom stereocenters.